The number of nitrogens with one attached hydrogen (secondary N) is 1. The van der Waals surface area contributed by atoms with Crippen molar-refractivity contribution in [2.75, 3.05) is 47.3 Å². The van der Waals surface area contributed by atoms with E-state index in [1.54, 1.807) is 11.3 Å². The Labute approximate surface area is 131 Å². The summed E-state index contributed by atoms with van der Waals surface area (Å²) < 4.78 is 0. The van der Waals surface area contributed by atoms with Gasteiger partial charge in [0.05, 0.1) is 6.04 Å². The van der Waals surface area contributed by atoms with Gasteiger partial charge in [0.2, 0.25) is 0 Å². The summed E-state index contributed by atoms with van der Waals surface area (Å²) in [5.74, 6) is 0. The molecule has 1 fully saturated rings. The lowest BCUT2D eigenvalue weighted by molar-refractivity contribution is 0.115. The van der Waals surface area contributed by atoms with E-state index in [1.807, 2.05) is 4.90 Å². The van der Waals surface area contributed by atoms with Crippen molar-refractivity contribution in [3.8, 4) is 0 Å². The molecule has 1 saturated heterocycles. The average molecular weight is 310 g/mol. The van der Waals surface area contributed by atoms with Crippen LogP contribution < -0.4 is 5.32 Å². The number of likely N-dealkylation sites (N-methyl/N-ethyl adjacent to an activating group) is 2. The maximum atomic E-state index is 12.4. The van der Waals surface area contributed by atoms with Crippen LogP contribution in [-0.4, -0.2) is 74.1 Å². The van der Waals surface area contributed by atoms with Gasteiger partial charge < -0.3 is 20.0 Å². The third-order valence-electron chi connectivity index (χ3n) is 4.03. The van der Waals surface area contributed by atoms with E-state index >= 15 is 0 Å². The monoisotopic (exact) mass is 310 g/mol. The fourth-order valence-electron chi connectivity index (χ4n) is 2.75. The predicted molar refractivity (Wildman–Crippen MR) is 87.8 cm³/mol. The van der Waals surface area contributed by atoms with Gasteiger partial charge in [0.15, 0.2) is 0 Å². The summed E-state index contributed by atoms with van der Waals surface area (Å²) in [6.07, 6.45) is 0. The number of carbonyl (C=O) groups excluding carboxylic acids is 1. The van der Waals surface area contributed by atoms with E-state index in [0.29, 0.717) is 6.54 Å². The molecule has 0 saturated carbocycles. The summed E-state index contributed by atoms with van der Waals surface area (Å²) in [6, 6.07) is 4.74. The minimum atomic E-state index is 0.0546. The van der Waals surface area contributed by atoms with Gasteiger partial charge in [-0.25, -0.2) is 4.79 Å². The van der Waals surface area contributed by atoms with Crippen LogP contribution >= 0.6 is 11.3 Å². The number of hydrogen-bond donors (Lipinski definition) is 1. The molecule has 1 aliphatic rings. The van der Waals surface area contributed by atoms with Gasteiger partial charge in [-0.05, 0) is 39.5 Å². The van der Waals surface area contributed by atoms with E-state index in [4.69, 9.17) is 0 Å². The Balaban J connectivity index is 1.90. The summed E-state index contributed by atoms with van der Waals surface area (Å²) in [5.41, 5.74) is 0. The summed E-state index contributed by atoms with van der Waals surface area (Å²) in [4.78, 5) is 20.0. The molecule has 1 N–H and O–H groups in total. The van der Waals surface area contributed by atoms with E-state index in [-0.39, 0.29) is 18.1 Å². The van der Waals surface area contributed by atoms with Gasteiger partial charge in [0.25, 0.3) is 0 Å². The Morgan fingerprint density at radius 3 is 2.86 bits per heavy atom. The first kappa shape index (κ1) is 16.3. The fraction of sp³-hybridized carbons (Fsp3) is 0.667. The van der Waals surface area contributed by atoms with Crippen LogP contribution in [0.3, 0.4) is 0 Å². The molecule has 1 aromatic heterocycles. The van der Waals surface area contributed by atoms with E-state index < -0.39 is 0 Å². The average Bonchev–Trinajstić information content (AvgIpc) is 2.92. The SMILES string of the molecule is C[C@@H]1CN(C)CCN1C(=O)NC[C@H](c1cccs1)N(C)C. The number of piperazine rings is 1. The largest absolute Gasteiger partial charge is 0.336 e. The smallest absolute Gasteiger partial charge is 0.317 e. The maximum Gasteiger partial charge on any atom is 0.317 e. The Bertz CT molecular complexity index is 449. The Kier molecular flexibility index (Phi) is 5.61. The van der Waals surface area contributed by atoms with E-state index in [1.165, 1.54) is 4.88 Å². The van der Waals surface area contributed by atoms with Crippen LogP contribution in [0.4, 0.5) is 4.79 Å². The van der Waals surface area contributed by atoms with Gasteiger partial charge in [-0.3, -0.25) is 0 Å². The number of amides is 2. The molecule has 2 atom stereocenters. The second kappa shape index (κ2) is 7.24. The third kappa shape index (κ3) is 4.18. The molecule has 0 spiro atoms. The molecule has 0 aliphatic carbocycles. The molecule has 0 aromatic carbocycles. The lowest BCUT2D eigenvalue weighted by atomic mass is 10.2. The first-order valence-corrected chi connectivity index (χ1v) is 8.30. The van der Waals surface area contributed by atoms with Crippen LogP contribution in [0.2, 0.25) is 0 Å². The second-order valence-electron chi connectivity index (χ2n) is 5.99. The van der Waals surface area contributed by atoms with Crippen molar-refractivity contribution >= 4 is 17.4 Å². The van der Waals surface area contributed by atoms with Crippen molar-refractivity contribution in [1.29, 1.82) is 0 Å². The highest BCUT2D eigenvalue weighted by Crippen LogP contribution is 2.22. The highest BCUT2D eigenvalue weighted by molar-refractivity contribution is 7.10. The molecule has 2 rings (SSSR count). The molecular weight excluding hydrogens is 284 g/mol. The fourth-order valence-corrected chi connectivity index (χ4v) is 3.67. The van der Waals surface area contributed by atoms with Gasteiger partial charge in [-0.1, -0.05) is 6.07 Å². The number of urea groups is 1. The molecule has 5 nitrogen and oxygen atoms in total. The summed E-state index contributed by atoms with van der Waals surface area (Å²) >= 11 is 1.73. The molecule has 0 radical (unpaired) electrons. The van der Waals surface area contributed by atoms with Gasteiger partial charge in [-0.15, -0.1) is 11.3 Å². The zero-order valence-electron chi connectivity index (χ0n) is 13.4. The number of thiophene rings is 1. The minimum absolute atomic E-state index is 0.0546. The van der Waals surface area contributed by atoms with Crippen molar-refractivity contribution in [2.45, 2.75) is 19.0 Å². The molecule has 1 aromatic rings. The zero-order chi connectivity index (χ0) is 15.4. The standard InChI is InChI=1S/C15H26N4OS/c1-12-11-18(4)7-8-19(12)15(20)16-10-13(17(2)3)14-6-5-9-21-14/h5-6,9,12-13H,7-8,10-11H2,1-4H3,(H,16,20)/t12-,13-/m1/s1. The van der Waals surface area contributed by atoms with Crippen LogP contribution in [0.1, 0.15) is 17.8 Å². The predicted octanol–water partition coefficient (Wildman–Crippen LogP) is 1.70. The second-order valence-corrected chi connectivity index (χ2v) is 6.96. The van der Waals surface area contributed by atoms with Crippen molar-refractivity contribution < 1.29 is 4.79 Å². The topological polar surface area (TPSA) is 38.8 Å². The molecule has 6 heteroatoms. The first-order chi connectivity index (χ1) is 9.99. The lowest BCUT2D eigenvalue weighted by Crippen LogP contribution is -2.56. The Hall–Kier alpha value is -1.11. The number of rotatable bonds is 4. The van der Waals surface area contributed by atoms with Crippen LogP contribution in [0.15, 0.2) is 17.5 Å². The quantitative estimate of drug-likeness (QED) is 0.920. The third-order valence-corrected chi connectivity index (χ3v) is 5.01. The molecule has 0 unspecified atom stereocenters. The van der Waals surface area contributed by atoms with Gasteiger partial charge in [0.1, 0.15) is 0 Å². The van der Waals surface area contributed by atoms with E-state index in [9.17, 15) is 4.79 Å². The molecule has 2 heterocycles. The number of hydrogen-bond acceptors (Lipinski definition) is 4. The van der Waals surface area contributed by atoms with Crippen molar-refractivity contribution in [3.05, 3.63) is 22.4 Å². The highest BCUT2D eigenvalue weighted by atomic mass is 32.1. The van der Waals surface area contributed by atoms with Crippen LogP contribution in [0.5, 0.6) is 0 Å². The van der Waals surface area contributed by atoms with Crippen LogP contribution in [0.25, 0.3) is 0 Å². The van der Waals surface area contributed by atoms with E-state index in [0.717, 1.165) is 19.6 Å². The Morgan fingerprint density at radius 2 is 2.29 bits per heavy atom. The van der Waals surface area contributed by atoms with Crippen molar-refractivity contribution in [3.63, 3.8) is 0 Å². The number of nitrogens with zero attached hydrogens (tertiary/aromatic N) is 3. The maximum absolute atomic E-state index is 12.4. The highest BCUT2D eigenvalue weighted by Gasteiger charge is 2.26. The first-order valence-electron chi connectivity index (χ1n) is 7.42. The summed E-state index contributed by atoms with van der Waals surface area (Å²) in [6.45, 7) is 5.44. The molecule has 0 bridgehead atoms. The lowest BCUT2D eigenvalue weighted by Gasteiger charge is -2.38. The van der Waals surface area contributed by atoms with Gasteiger partial charge >= 0.3 is 6.03 Å². The molecule has 2 amide bonds. The normalized spacial score (nSPS) is 21.6. The van der Waals surface area contributed by atoms with Crippen molar-refractivity contribution in [1.82, 2.24) is 20.0 Å². The summed E-state index contributed by atoms with van der Waals surface area (Å²) in [5, 5.41) is 5.18. The molecule has 21 heavy (non-hydrogen) atoms. The van der Waals surface area contributed by atoms with Crippen LogP contribution in [-0.2, 0) is 0 Å². The van der Waals surface area contributed by atoms with E-state index in [2.05, 4.69) is 60.7 Å². The molecular formula is C15H26N4OS. The molecule has 118 valence electrons. The van der Waals surface area contributed by atoms with Crippen molar-refractivity contribution in [2.24, 2.45) is 0 Å². The van der Waals surface area contributed by atoms with Crippen LogP contribution in [0, 0.1) is 0 Å². The number of carbonyl (C=O) groups is 1. The minimum Gasteiger partial charge on any atom is -0.336 e. The van der Waals surface area contributed by atoms with Gasteiger partial charge in [0, 0.05) is 37.1 Å². The Morgan fingerprint density at radius 1 is 1.52 bits per heavy atom. The molecule has 1 aliphatic heterocycles. The summed E-state index contributed by atoms with van der Waals surface area (Å²) in [7, 11) is 6.20. The van der Waals surface area contributed by atoms with Gasteiger partial charge in [-0.2, -0.15) is 0 Å². The zero-order valence-corrected chi connectivity index (χ0v) is 14.2.